The largest absolute Gasteiger partial charge is 0.493 e. The smallest absolute Gasteiger partial charge is 0.111 e. The first-order valence-electron chi connectivity index (χ1n) is 4.92. The van der Waals surface area contributed by atoms with Gasteiger partial charge in [0.2, 0.25) is 0 Å². The minimum Gasteiger partial charge on any atom is -0.493 e. The Morgan fingerprint density at radius 2 is 2.31 bits per heavy atom. The summed E-state index contributed by atoms with van der Waals surface area (Å²) < 4.78 is 5.31. The zero-order valence-corrected chi connectivity index (χ0v) is 8.46. The summed E-state index contributed by atoms with van der Waals surface area (Å²) in [6, 6.07) is 0. The Labute approximate surface area is 80.9 Å². The molecule has 1 saturated heterocycles. The van der Waals surface area contributed by atoms with Crippen LogP contribution in [0.25, 0.3) is 0 Å². The maximum absolute atomic E-state index is 5.31. The van der Waals surface area contributed by atoms with Crippen molar-refractivity contribution >= 4 is 0 Å². The van der Waals surface area contributed by atoms with E-state index in [1.807, 2.05) is 0 Å². The van der Waals surface area contributed by atoms with Crippen molar-refractivity contribution in [3.05, 3.63) is 25.0 Å². The highest BCUT2D eigenvalue weighted by Crippen LogP contribution is 2.17. The quantitative estimate of drug-likeness (QED) is 0.459. The number of likely N-dealkylation sites (tertiary alicyclic amines) is 1. The lowest BCUT2D eigenvalue weighted by Gasteiger charge is -2.38. The highest BCUT2D eigenvalue weighted by atomic mass is 16.5. The van der Waals surface area contributed by atoms with Crippen LogP contribution in [0.2, 0.25) is 0 Å². The van der Waals surface area contributed by atoms with E-state index in [1.165, 1.54) is 19.5 Å². The molecular formula is C11H19NO. The lowest BCUT2D eigenvalue weighted by molar-refractivity contribution is 0.0685. The van der Waals surface area contributed by atoms with E-state index in [0.717, 1.165) is 19.1 Å². The molecule has 0 aromatic rings. The molecule has 0 saturated carbocycles. The fraction of sp³-hybridized carbons (Fsp3) is 0.636. The van der Waals surface area contributed by atoms with Gasteiger partial charge in [-0.15, -0.1) is 0 Å². The first-order chi connectivity index (χ1) is 6.26. The van der Waals surface area contributed by atoms with E-state index in [-0.39, 0.29) is 0 Å². The van der Waals surface area contributed by atoms with Gasteiger partial charge in [0.25, 0.3) is 0 Å². The molecule has 0 amide bonds. The fourth-order valence-corrected chi connectivity index (χ4v) is 1.48. The van der Waals surface area contributed by atoms with Gasteiger partial charge in [-0.3, -0.25) is 4.90 Å². The predicted octanol–water partition coefficient (Wildman–Crippen LogP) is 2.04. The van der Waals surface area contributed by atoms with Crippen molar-refractivity contribution in [1.29, 1.82) is 0 Å². The molecule has 0 atom stereocenters. The van der Waals surface area contributed by atoms with Gasteiger partial charge in [-0.2, -0.15) is 0 Å². The van der Waals surface area contributed by atoms with Crippen molar-refractivity contribution in [1.82, 2.24) is 4.90 Å². The number of ether oxygens (including phenoxy) is 1. The summed E-state index contributed by atoms with van der Waals surface area (Å²) in [6.07, 6.45) is 2.95. The van der Waals surface area contributed by atoms with Gasteiger partial charge in [-0.05, 0) is 12.0 Å². The number of rotatable bonds is 6. The van der Waals surface area contributed by atoms with Gasteiger partial charge < -0.3 is 4.74 Å². The van der Waals surface area contributed by atoms with Crippen LogP contribution in [-0.4, -0.2) is 31.1 Å². The molecule has 0 unspecified atom stereocenters. The Kier molecular flexibility index (Phi) is 4.03. The number of hydrogen-bond donors (Lipinski definition) is 0. The Bertz CT molecular complexity index is 183. The topological polar surface area (TPSA) is 12.5 Å². The van der Waals surface area contributed by atoms with Crippen LogP contribution in [0, 0.1) is 5.92 Å². The first-order valence-corrected chi connectivity index (χ1v) is 4.92. The zero-order valence-electron chi connectivity index (χ0n) is 8.46. The molecule has 0 aromatic heterocycles. The van der Waals surface area contributed by atoms with Crippen molar-refractivity contribution < 1.29 is 4.74 Å². The molecule has 0 spiro atoms. The highest BCUT2D eigenvalue weighted by molar-refractivity contribution is 5.01. The summed E-state index contributed by atoms with van der Waals surface area (Å²) in [5, 5.41) is 0. The molecular weight excluding hydrogens is 162 g/mol. The number of allylic oxidation sites excluding steroid dienone is 1. The summed E-state index contributed by atoms with van der Waals surface area (Å²) in [5.41, 5.74) is 0. The van der Waals surface area contributed by atoms with E-state index in [4.69, 9.17) is 4.74 Å². The average Bonchev–Trinajstić information content (AvgIpc) is 2.08. The first kappa shape index (κ1) is 10.3. The molecule has 13 heavy (non-hydrogen) atoms. The number of nitrogens with zero attached hydrogens (tertiary/aromatic N) is 1. The highest BCUT2D eigenvalue weighted by Gasteiger charge is 2.23. The molecule has 0 N–H and O–H groups in total. The average molecular weight is 181 g/mol. The lowest BCUT2D eigenvalue weighted by atomic mass is 9.98. The normalized spacial score (nSPS) is 17.9. The minimum atomic E-state index is 0.674. The van der Waals surface area contributed by atoms with Gasteiger partial charge in [-0.1, -0.05) is 26.5 Å². The maximum atomic E-state index is 5.31. The van der Waals surface area contributed by atoms with Crippen LogP contribution >= 0.6 is 0 Å². The molecule has 1 heterocycles. The second-order valence-corrected chi connectivity index (χ2v) is 3.55. The fourth-order valence-electron chi connectivity index (χ4n) is 1.48. The van der Waals surface area contributed by atoms with E-state index in [2.05, 4.69) is 25.0 Å². The Morgan fingerprint density at radius 3 is 2.85 bits per heavy atom. The molecule has 0 aromatic carbocycles. The van der Waals surface area contributed by atoms with Crippen LogP contribution < -0.4 is 0 Å². The van der Waals surface area contributed by atoms with Gasteiger partial charge in [0.1, 0.15) is 12.4 Å². The van der Waals surface area contributed by atoms with Crippen molar-refractivity contribution in [3.8, 4) is 0 Å². The van der Waals surface area contributed by atoms with Gasteiger partial charge >= 0.3 is 0 Å². The van der Waals surface area contributed by atoms with Gasteiger partial charge in [0.15, 0.2) is 0 Å². The van der Waals surface area contributed by atoms with Crippen LogP contribution in [-0.2, 0) is 4.74 Å². The van der Waals surface area contributed by atoms with Crippen LogP contribution in [0.15, 0.2) is 25.0 Å². The van der Waals surface area contributed by atoms with E-state index in [1.54, 1.807) is 6.08 Å². The summed E-state index contributed by atoms with van der Waals surface area (Å²) in [4.78, 5) is 2.41. The standard InChI is InChI=1S/C11H19NO/c1-4-10(3)13-7-6-12-8-11(5-2)9-12/h4,11H,1,3,5-9H2,2H3. The van der Waals surface area contributed by atoms with Crippen LogP contribution in [0.4, 0.5) is 0 Å². The molecule has 0 aliphatic carbocycles. The lowest BCUT2D eigenvalue weighted by Crippen LogP contribution is -2.47. The van der Waals surface area contributed by atoms with Gasteiger partial charge in [-0.25, -0.2) is 0 Å². The van der Waals surface area contributed by atoms with E-state index in [9.17, 15) is 0 Å². The van der Waals surface area contributed by atoms with Crippen molar-refractivity contribution in [2.45, 2.75) is 13.3 Å². The molecule has 74 valence electrons. The maximum Gasteiger partial charge on any atom is 0.111 e. The molecule has 0 bridgehead atoms. The second kappa shape index (κ2) is 5.07. The molecule has 2 heteroatoms. The van der Waals surface area contributed by atoms with Crippen molar-refractivity contribution in [3.63, 3.8) is 0 Å². The molecule has 1 fully saturated rings. The third-order valence-electron chi connectivity index (χ3n) is 2.53. The molecule has 1 aliphatic heterocycles. The van der Waals surface area contributed by atoms with Crippen LogP contribution in [0.3, 0.4) is 0 Å². The third-order valence-corrected chi connectivity index (χ3v) is 2.53. The zero-order chi connectivity index (χ0) is 9.68. The summed E-state index contributed by atoms with van der Waals surface area (Å²) in [6.45, 7) is 13.7. The second-order valence-electron chi connectivity index (χ2n) is 3.55. The third kappa shape index (κ3) is 3.23. The van der Waals surface area contributed by atoms with Gasteiger partial charge in [0.05, 0.1) is 0 Å². The Morgan fingerprint density at radius 1 is 1.62 bits per heavy atom. The van der Waals surface area contributed by atoms with Crippen LogP contribution in [0.5, 0.6) is 0 Å². The van der Waals surface area contributed by atoms with E-state index < -0.39 is 0 Å². The predicted molar refractivity (Wildman–Crippen MR) is 55.5 cm³/mol. The SMILES string of the molecule is C=CC(=C)OCCN1CC(CC)C1. The summed E-state index contributed by atoms with van der Waals surface area (Å²) in [7, 11) is 0. The summed E-state index contributed by atoms with van der Waals surface area (Å²) >= 11 is 0. The molecule has 0 radical (unpaired) electrons. The Balaban J connectivity index is 1.96. The molecule has 1 rings (SSSR count). The Hall–Kier alpha value is -0.760. The van der Waals surface area contributed by atoms with Crippen molar-refractivity contribution in [2.75, 3.05) is 26.2 Å². The molecule has 2 nitrogen and oxygen atoms in total. The number of hydrogen-bond acceptors (Lipinski definition) is 2. The van der Waals surface area contributed by atoms with E-state index in [0.29, 0.717) is 5.76 Å². The van der Waals surface area contributed by atoms with Gasteiger partial charge in [0, 0.05) is 19.6 Å². The molecule has 1 aliphatic rings. The monoisotopic (exact) mass is 181 g/mol. The van der Waals surface area contributed by atoms with E-state index >= 15 is 0 Å². The van der Waals surface area contributed by atoms with Crippen molar-refractivity contribution in [2.24, 2.45) is 5.92 Å². The minimum absolute atomic E-state index is 0.674. The summed E-state index contributed by atoms with van der Waals surface area (Å²) in [5.74, 6) is 1.59. The van der Waals surface area contributed by atoms with Crippen LogP contribution in [0.1, 0.15) is 13.3 Å².